The molecule has 4 rings (SSSR count). The summed E-state index contributed by atoms with van der Waals surface area (Å²) >= 11 is 0. The van der Waals surface area contributed by atoms with E-state index < -0.39 is 0 Å². The standard InChI is InChI=1S/C23H21N3O2/c1-2-14-26-22(25-21-8-4-3-7-20(21)23(26)27)18-9-11-19(12-10-18)28-16-17-6-5-13-24-15-17/h2-13,15,22,25H,1,14,16H2/t22-/m0/s1. The van der Waals surface area contributed by atoms with Crippen LogP contribution in [0.2, 0.25) is 0 Å². The highest BCUT2D eigenvalue weighted by Gasteiger charge is 2.31. The van der Waals surface area contributed by atoms with Crippen molar-refractivity contribution in [2.45, 2.75) is 12.8 Å². The lowest BCUT2D eigenvalue weighted by molar-refractivity contribution is 0.0707. The zero-order valence-electron chi connectivity index (χ0n) is 15.4. The van der Waals surface area contributed by atoms with Gasteiger partial charge in [-0.15, -0.1) is 6.58 Å². The van der Waals surface area contributed by atoms with Crippen LogP contribution in [0.15, 0.2) is 85.7 Å². The summed E-state index contributed by atoms with van der Waals surface area (Å²) in [7, 11) is 0. The van der Waals surface area contributed by atoms with Crippen molar-refractivity contribution in [3.8, 4) is 5.75 Å². The number of ether oxygens (including phenoxy) is 1. The van der Waals surface area contributed by atoms with Crippen molar-refractivity contribution < 1.29 is 9.53 Å². The van der Waals surface area contributed by atoms with Gasteiger partial charge in [0.2, 0.25) is 0 Å². The third-order valence-corrected chi connectivity index (χ3v) is 4.67. The van der Waals surface area contributed by atoms with Gasteiger partial charge in [-0.3, -0.25) is 9.78 Å². The van der Waals surface area contributed by atoms with E-state index in [4.69, 9.17) is 4.74 Å². The van der Waals surface area contributed by atoms with Crippen molar-refractivity contribution in [2.75, 3.05) is 11.9 Å². The van der Waals surface area contributed by atoms with E-state index in [0.717, 1.165) is 22.6 Å². The quantitative estimate of drug-likeness (QED) is 0.652. The number of amides is 1. The molecule has 0 spiro atoms. The number of nitrogens with zero attached hydrogens (tertiary/aromatic N) is 2. The van der Waals surface area contributed by atoms with E-state index in [1.807, 2.05) is 60.7 Å². The molecule has 0 unspecified atom stereocenters. The van der Waals surface area contributed by atoms with Gasteiger partial charge in [-0.25, -0.2) is 0 Å². The molecule has 1 amide bonds. The van der Waals surface area contributed by atoms with Gasteiger partial charge < -0.3 is 15.0 Å². The number of hydrogen-bond donors (Lipinski definition) is 1. The molecule has 1 atom stereocenters. The van der Waals surface area contributed by atoms with Crippen LogP contribution in [0.4, 0.5) is 5.69 Å². The van der Waals surface area contributed by atoms with Crippen molar-refractivity contribution in [3.63, 3.8) is 0 Å². The number of nitrogens with one attached hydrogen (secondary N) is 1. The molecule has 0 saturated carbocycles. The summed E-state index contributed by atoms with van der Waals surface area (Å²) in [5, 5.41) is 3.46. The summed E-state index contributed by atoms with van der Waals surface area (Å²) < 4.78 is 5.83. The van der Waals surface area contributed by atoms with Crippen molar-refractivity contribution in [1.29, 1.82) is 0 Å². The highest BCUT2D eigenvalue weighted by atomic mass is 16.5. The summed E-state index contributed by atoms with van der Waals surface area (Å²) in [6.45, 7) is 4.72. The molecule has 1 aliphatic heterocycles. The SMILES string of the molecule is C=CCN1C(=O)c2ccccc2N[C@@H]1c1ccc(OCc2cccnc2)cc1. The number of carbonyl (C=O) groups excluding carboxylic acids is 1. The Hall–Kier alpha value is -3.60. The molecule has 1 N–H and O–H groups in total. The second-order valence-corrected chi connectivity index (χ2v) is 6.56. The third-order valence-electron chi connectivity index (χ3n) is 4.67. The smallest absolute Gasteiger partial charge is 0.258 e. The fraction of sp³-hybridized carbons (Fsp3) is 0.130. The van der Waals surface area contributed by atoms with Crippen LogP contribution in [0, 0.1) is 0 Å². The summed E-state index contributed by atoms with van der Waals surface area (Å²) in [4.78, 5) is 18.8. The second-order valence-electron chi connectivity index (χ2n) is 6.56. The van der Waals surface area contributed by atoms with Gasteiger partial charge in [0, 0.05) is 30.2 Å². The second kappa shape index (κ2) is 7.96. The maximum Gasteiger partial charge on any atom is 0.258 e. The van der Waals surface area contributed by atoms with E-state index in [1.54, 1.807) is 23.4 Å². The van der Waals surface area contributed by atoms with Crippen LogP contribution in [-0.2, 0) is 6.61 Å². The number of fused-ring (bicyclic) bond motifs is 1. The zero-order valence-corrected chi connectivity index (χ0v) is 15.4. The van der Waals surface area contributed by atoms with Crippen LogP contribution < -0.4 is 10.1 Å². The number of benzene rings is 2. The first-order valence-corrected chi connectivity index (χ1v) is 9.15. The molecule has 1 aliphatic rings. The predicted octanol–water partition coefficient (Wildman–Crippen LogP) is 4.41. The first-order chi connectivity index (χ1) is 13.8. The molecule has 3 aromatic rings. The molecule has 28 heavy (non-hydrogen) atoms. The number of anilines is 1. The zero-order chi connectivity index (χ0) is 19.3. The van der Waals surface area contributed by atoms with Crippen LogP contribution in [0.1, 0.15) is 27.7 Å². The highest BCUT2D eigenvalue weighted by molar-refractivity contribution is 6.01. The number of aromatic nitrogens is 1. The van der Waals surface area contributed by atoms with E-state index in [0.29, 0.717) is 18.7 Å². The van der Waals surface area contributed by atoms with Gasteiger partial charge in [0.25, 0.3) is 5.91 Å². The number of carbonyl (C=O) groups is 1. The first-order valence-electron chi connectivity index (χ1n) is 9.15. The third kappa shape index (κ3) is 3.60. The van der Waals surface area contributed by atoms with Gasteiger partial charge in [-0.05, 0) is 35.9 Å². The van der Waals surface area contributed by atoms with Crippen LogP contribution >= 0.6 is 0 Å². The van der Waals surface area contributed by atoms with Gasteiger partial charge in [0.1, 0.15) is 18.5 Å². The average Bonchev–Trinajstić information content (AvgIpc) is 2.75. The van der Waals surface area contributed by atoms with Gasteiger partial charge in [-0.2, -0.15) is 0 Å². The summed E-state index contributed by atoms with van der Waals surface area (Å²) in [5.41, 5.74) is 3.52. The molecule has 5 nitrogen and oxygen atoms in total. The van der Waals surface area contributed by atoms with Crippen LogP contribution in [0.3, 0.4) is 0 Å². The Morgan fingerprint density at radius 3 is 2.68 bits per heavy atom. The van der Waals surface area contributed by atoms with Crippen LogP contribution in [0.5, 0.6) is 5.75 Å². The normalized spacial score (nSPS) is 15.5. The van der Waals surface area contributed by atoms with Crippen molar-refractivity contribution in [1.82, 2.24) is 9.88 Å². The molecule has 140 valence electrons. The molecule has 1 aromatic heterocycles. The van der Waals surface area contributed by atoms with E-state index in [9.17, 15) is 4.79 Å². The Morgan fingerprint density at radius 1 is 1.11 bits per heavy atom. The average molecular weight is 371 g/mol. The minimum Gasteiger partial charge on any atom is -0.489 e. The first kappa shape index (κ1) is 17.8. The minimum atomic E-state index is -0.257. The number of para-hydroxylation sites is 1. The number of hydrogen-bond acceptors (Lipinski definition) is 4. The van der Waals surface area contributed by atoms with E-state index in [2.05, 4.69) is 16.9 Å². The molecule has 2 aromatic carbocycles. The molecule has 0 fully saturated rings. The van der Waals surface area contributed by atoms with E-state index in [1.165, 1.54) is 0 Å². The molecule has 2 heterocycles. The molecule has 0 saturated heterocycles. The van der Waals surface area contributed by atoms with Crippen LogP contribution in [0.25, 0.3) is 0 Å². The minimum absolute atomic E-state index is 0.00356. The van der Waals surface area contributed by atoms with E-state index >= 15 is 0 Å². The monoisotopic (exact) mass is 371 g/mol. The van der Waals surface area contributed by atoms with E-state index in [-0.39, 0.29) is 12.1 Å². The summed E-state index contributed by atoms with van der Waals surface area (Å²) in [6.07, 6.45) is 5.01. The van der Waals surface area contributed by atoms with Gasteiger partial charge in [0.15, 0.2) is 0 Å². The lowest BCUT2D eigenvalue weighted by Crippen LogP contribution is -2.42. The Balaban J connectivity index is 1.54. The highest BCUT2D eigenvalue weighted by Crippen LogP contribution is 2.33. The lowest BCUT2D eigenvalue weighted by Gasteiger charge is -2.37. The molecule has 0 radical (unpaired) electrons. The summed E-state index contributed by atoms with van der Waals surface area (Å²) in [6, 6.07) is 19.2. The van der Waals surface area contributed by atoms with Gasteiger partial charge >= 0.3 is 0 Å². The Labute approximate surface area is 164 Å². The molecular weight excluding hydrogens is 350 g/mol. The molecule has 5 heteroatoms. The Bertz CT molecular complexity index is 971. The summed E-state index contributed by atoms with van der Waals surface area (Å²) in [5.74, 6) is 0.765. The predicted molar refractivity (Wildman–Crippen MR) is 109 cm³/mol. The molecule has 0 bridgehead atoms. The Kier molecular flexibility index (Phi) is 5.06. The largest absolute Gasteiger partial charge is 0.489 e. The number of rotatable bonds is 6. The Morgan fingerprint density at radius 2 is 1.93 bits per heavy atom. The van der Waals surface area contributed by atoms with Gasteiger partial charge in [-0.1, -0.05) is 36.4 Å². The maximum atomic E-state index is 12.9. The molecule has 0 aliphatic carbocycles. The van der Waals surface area contributed by atoms with Crippen molar-refractivity contribution >= 4 is 11.6 Å². The fourth-order valence-electron chi connectivity index (χ4n) is 3.28. The lowest BCUT2D eigenvalue weighted by atomic mass is 10.0. The number of pyridine rings is 1. The van der Waals surface area contributed by atoms with Gasteiger partial charge in [0.05, 0.1) is 5.56 Å². The van der Waals surface area contributed by atoms with Crippen molar-refractivity contribution in [2.24, 2.45) is 0 Å². The van der Waals surface area contributed by atoms with Crippen molar-refractivity contribution in [3.05, 3.63) is 102 Å². The topological polar surface area (TPSA) is 54.5 Å². The fourth-order valence-corrected chi connectivity index (χ4v) is 3.28. The maximum absolute atomic E-state index is 12.9. The molecular formula is C23H21N3O2. The van der Waals surface area contributed by atoms with Crippen LogP contribution in [-0.4, -0.2) is 22.3 Å².